The number of hydrogen-bond acceptors (Lipinski definition) is 4. The molecule has 1 aliphatic heterocycles. The van der Waals surface area contributed by atoms with Gasteiger partial charge in [0.15, 0.2) is 0 Å². The highest BCUT2D eigenvalue weighted by molar-refractivity contribution is 14.1. The van der Waals surface area contributed by atoms with E-state index in [-0.39, 0.29) is 17.8 Å². The number of nitrogens with zero attached hydrogens (tertiary/aromatic N) is 1. The summed E-state index contributed by atoms with van der Waals surface area (Å²) >= 11 is 3.20. The SMILES string of the molecule is Cc1cccc(NCN2C(=O)S/C(=C/c3ccc(I)cc3)C2=O)c1. The third-order valence-electron chi connectivity index (χ3n) is 3.50. The number of hydrogen-bond donors (Lipinski definition) is 1. The van der Waals surface area contributed by atoms with Crippen LogP contribution in [0.4, 0.5) is 10.5 Å². The Bertz CT molecular complexity index is 818. The third kappa shape index (κ3) is 3.99. The van der Waals surface area contributed by atoms with Gasteiger partial charge in [0, 0.05) is 9.26 Å². The van der Waals surface area contributed by atoms with Gasteiger partial charge in [-0.25, -0.2) is 0 Å². The first-order chi connectivity index (χ1) is 11.5. The molecule has 4 nitrogen and oxygen atoms in total. The molecule has 0 unspecified atom stereocenters. The van der Waals surface area contributed by atoms with Crippen LogP contribution in [-0.4, -0.2) is 22.7 Å². The van der Waals surface area contributed by atoms with Crippen LogP contribution < -0.4 is 5.32 Å². The van der Waals surface area contributed by atoms with Crippen LogP contribution in [0, 0.1) is 10.5 Å². The van der Waals surface area contributed by atoms with E-state index in [1.807, 2.05) is 55.5 Å². The molecule has 2 aromatic rings. The molecule has 1 fully saturated rings. The Labute approximate surface area is 158 Å². The summed E-state index contributed by atoms with van der Waals surface area (Å²) in [5, 5.41) is 2.87. The largest absolute Gasteiger partial charge is 0.367 e. The molecule has 0 radical (unpaired) electrons. The van der Waals surface area contributed by atoms with Crippen LogP contribution >= 0.6 is 34.4 Å². The molecule has 0 aliphatic carbocycles. The van der Waals surface area contributed by atoms with Crippen LogP contribution in [0.15, 0.2) is 53.4 Å². The highest BCUT2D eigenvalue weighted by atomic mass is 127. The molecule has 0 spiro atoms. The summed E-state index contributed by atoms with van der Waals surface area (Å²) in [5.74, 6) is -0.260. The second-order valence-corrected chi connectivity index (χ2v) is 7.60. The summed E-state index contributed by atoms with van der Waals surface area (Å²) in [5.41, 5.74) is 2.91. The lowest BCUT2D eigenvalue weighted by molar-refractivity contribution is -0.122. The van der Waals surface area contributed by atoms with Gasteiger partial charge in [-0.05, 0) is 82.7 Å². The van der Waals surface area contributed by atoms with Gasteiger partial charge in [0.2, 0.25) is 0 Å². The Morgan fingerprint density at radius 1 is 1.17 bits per heavy atom. The number of thioether (sulfide) groups is 1. The van der Waals surface area contributed by atoms with Crippen LogP contribution in [-0.2, 0) is 4.79 Å². The standard InChI is InChI=1S/C18H15IN2O2S/c1-12-3-2-4-15(9-12)20-11-21-17(22)16(24-18(21)23)10-13-5-7-14(19)8-6-13/h2-10,20H,11H2,1H3/b16-10+. The summed E-state index contributed by atoms with van der Waals surface area (Å²) in [6.07, 6.45) is 1.76. The maximum absolute atomic E-state index is 12.4. The molecule has 0 aromatic heterocycles. The number of carbonyl (C=O) groups excluding carboxylic acids is 2. The molecule has 1 aliphatic rings. The zero-order valence-electron chi connectivity index (χ0n) is 13.0. The predicted octanol–water partition coefficient (Wildman–Crippen LogP) is 4.71. The first-order valence-corrected chi connectivity index (χ1v) is 9.24. The van der Waals surface area contributed by atoms with Crippen molar-refractivity contribution >= 4 is 57.3 Å². The van der Waals surface area contributed by atoms with Crippen molar-refractivity contribution in [1.29, 1.82) is 0 Å². The summed E-state index contributed by atoms with van der Waals surface area (Å²) in [6, 6.07) is 15.6. The van der Waals surface area contributed by atoms with Gasteiger partial charge in [0.05, 0.1) is 11.6 Å². The number of imide groups is 1. The second kappa shape index (κ2) is 7.40. The Kier molecular flexibility index (Phi) is 5.25. The van der Waals surface area contributed by atoms with Crippen LogP contribution in [0.5, 0.6) is 0 Å². The minimum Gasteiger partial charge on any atom is -0.367 e. The van der Waals surface area contributed by atoms with Gasteiger partial charge in [0.1, 0.15) is 0 Å². The number of benzene rings is 2. The molecule has 1 saturated heterocycles. The molecular weight excluding hydrogens is 435 g/mol. The van der Waals surface area contributed by atoms with E-state index < -0.39 is 0 Å². The van der Waals surface area contributed by atoms with Gasteiger partial charge in [-0.2, -0.15) is 0 Å². The van der Waals surface area contributed by atoms with Crippen molar-refractivity contribution in [3.8, 4) is 0 Å². The molecule has 1 heterocycles. The van der Waals surface area contributed by atoms with E-state index in [1.165, 1.54) is 4.90 Å². The van der Waals surface area contributed by atoms with Crippen LogP contribution in [0.3, 0.4) is 0 Å². The first-order valence-electron chi connectivity index (χ1n) is 7.34. The van der Waals surface area contributed by atoms with Crippen molar-refractivity contribution in [3.63, 3.8) is 0 Å². The number of halogens is 1. The average molecular weight is 450 g/mol. The number of aryl methyl sites for hydroxylation is 1. The van der Waals surface area contributed by atoms with Crippen molar-refractivity contribution in [2.24, 2.45) is 0 Å². The summed E-state index contributed by atoms with van der Waals surface area (Å²) < 4.78 is 1.13. The molecule has 2 aromatic carbocycles. The van der Waals surface area contributed by atoms with Crippen molar-refractivity contribution in [1.82, 2.24) is 4.90 Å². The van der Waals surface area contributed by atoms with Gasteiger partial charge < -0.3 is 5.32 Å². The molecule has 6 heteroatoms. The van der Waals surface area contributed by atoms with Crippen molar-refractivity contribution in [2.75, 3.05) is 12.0 Å². The van der Waals surface area contributed by atoms with Gasteiger partial charge in [-0.3, -0.25) is 14.5 Å². The van der Waals surface area contributed by atoms with E-state index in [9.17, 15) is 9.59 Å². The fraction of sp³-hybridized carbons (Fsp3) is 0.111. The van der Waals surface area contributed by atoms with E-state index in [0.717, 1.165) is 32.1 Å². The number of anilines is 1. The average Bonchev–Trinajstić information content (AvgIpc) is 2.82. The van der Waals surface area contributed by atoms with Gasteiger partial charge in [0.25, 0.3) is 11.1 Å². The Hall–Kier alpha value is -1.80. The van der Waals surface area contributed by atoms with Crippen molar-refractivity contribution < 1.29 is 9.59 Å². The van der Waals surface area contributed by atoms with Gasteiger partial charge in [-0.1, -0.05) is 24.3 Å². The first kappa shape index (κ1) is 17.0. The zero-order chi connectivity index (χ0) is 17.1. The van der Waals surface area contributed by atoms with E-state index in [2.05, 4.69) is 27.9 Å². The minimum absolute atomic E-state index is 0.165. The van der Waals surface area contributed by atoms with Crippen LogP contribution in [0.1, 0.15) is 11.1 Å². The Balaban J connectivity index is 1.71. The molecule has 3 rings (SSSR count). The molecule has 24 heavy (non-hydrogen) atoms. The summed E-state index contributed by atoms with van der Waals surface area (Å²) in [4.78, 5) is 26.2. The topological polar surface area (TPSA) is 49.4 Å². The monoisotopic (exact) mass is 450 g/mol. The fourth-order valence-corrected chi connectivity index (χ4v) is 3.47. The third-order valence-corrected chi connectivity index (χ3v) is 5.13. The second-order valence-electron chi connectivity index (χ2n) is 5.37. The lowest BCUT2D eigenvalue weighted by Crippen LogP contribution is -2.33. The number of amides is 2. The number of rotatable bonds is 4. The molecule has 0 saturated carbocycles. The summed E-state index contributed by atoms with van der Waals surface area (Å²) in [6.45, 7) is 2.16. The lowest BCUT2D eigenvalue weighted by atomic mass is 10.2. The van der Waals surface area contributed by atoms with Gasteiger partial charge >= 0.3 is 0 Å². The maximum atomic E-state index is 12.4. The van der Waals surface area contributed by atoms with Crippen molar-refractivity contribution in [2.45, 2.75) is 6.92 Å². The Morgan fingerprint density at radius 2 is 1.92 bits per heavy atom. The highest BCUT2D eigenvalue weighted by Gasteiger charge is 2.34. The molecule has 0 bridgehead atoms. The summed E-state index contributed by atoms with van der Waals surface area (Å²) in [7, 11) is 0. The number of carbonyl (C=O) groups is 2. The van der Waals surface area contributed by atoms with Crippen LogP contribution in [0.2, 0.25) is 0 Å². The molecule has 1 N–H and O–H groups in total. The molecule has 0 atom stereocenters. The molecule has 2 amide bonds. The lowest BCUT2D eigenvalue weighted by Gasteiger charge is -2.14. The van der Waals surface area contributed by atoms with E-state index in [0.29, 0.717) is 4.91 Å². The highest BCUT2D eigenvalue weighted by Crippen LogP contribution is 2.32. The predicted molar refractivity (Wildman–Crippen MR) is 107 cm³/mol. The zero-order valence-corrected chi connectivity index (χ0v) is 15.9. The smallest absolute Gasteiger partial charge is 0.295 e. The van der Waals surface area contributed by atoms with E-state index in [4.69, 9.17) is 0 Å². The van der Waals surface area contributed by atoms with Gasteiger partial charge in [-0.15, -0.1) is 0 Å². The van der Waals surface area contributed by atoms with Crippen LogP contribution in [0.25, 0.3) is 6.08 Å². The Morgan fingerprint density at radius 3 is 2.62 bits per heavy atom. The number of nitrogens with one attached hydrogen (secondary N) is 1. The quantitative estimate of drug-likeness (QED) is 0.542. The normalized spacial score (nSPS) is 16.1. The fourth-order valence-electron chi connectivity index (χ4n) is 2.27. The molecule has 122 valence electrons. The minimum atomic E-state index is -0.260. The maximum Gasteiger partial charge on any atom is 0.295 e. The van der Waals surface area contributed by atoms with E-state index in [1.54, 1.807) is 6.08 Å². The van der Waals surface area contributed by atoms with Crippen molar-refractivity contribution in [3.05, 3.63) is 68.1 Å². The van der Waals surface area contributed by atoms with E-state index >= 15 is 0 Å². The molecular formula is C18H15IN2O2S.